The van der Waals surface area contributed by atoms with Crippen LogP contribution in [-0.4, -0.2) is 17.6 Å². The van der Waals surface area contributed by atoms with E-state index in [0.29, 0.717) is 18.3 Å². The lowest BCUT2D eigenvalue weighted by atomic mass is 9.86. The summed E-state index contributed by atoms with van der Waals surface area (Å²) in [6.07, 6.45) is 6.67. The first-order valence-corrected chi connectivity index (χ1v) is 7.47. The molecule has 2 N–H and O–H groups in total. The van der Waals surface area contributed by atoms with Gasteiger partial charge in [0.15, 0.2) is 0 Å². The number of hydrogen-bond donors (Lipinski definition) is 1. The fraction of sp³-hybridized carbons (Fsp3) is 0.583. The number of rotatable bonds is 3. The van der Waals surface area contributed by atoms with Crippen LogP contribution >= 0.6 is 31.9 Å². The summed E-state index contributed by atoms with van der Waals surface area (Å²) < 4.78 is 7.81. The molecule has 0 radical (unpaired) electrons. The molecule has 0 aliphatic heterocycles. The van der Waals surface area contributed by atoms with E-state index in [1.54, 1.807) is 6.20 Å². The van der Waals surface area contributed by atoms with Crippen molar-refractivity contribution in [2.45, 2.75) is 31.8 Å². The summed E-state index contributed by atoms with van der Waals surface area (Å²) in [7, 11) is 0. The van der Waals surface area contributed by atoms with Crippen molar-refractivity contribution in [1.29, 1.82) is 0 Å². The highest BCUT2D eigenvalue weighted by atomic mass is 79.9. The average Bonchev–Trinajstić information content (AvgIpc) is 2.33. The second-order valence-electron chi connectivity index (χ2n) is 4.38. The largest absolute Gasteiger partial charge is 0.473 e. The van der Waals surface area contributed by atoms with E-state index in [0.717, 1.165) is 21.8 Å². The first kappa shape index (κ1) is 13.3. The van der Waals surface area contributed by atoms with Gasteiger partial charge in [-0.15, -0.1) is 0 Å². The van der Waals surface area contributed by atoms with E-state index in [2.05, 4.69) is 36.8 Å². The number of nitrogens with zero attached hydrogens (tertiary/aromatic N) is 1. The van der Waals surface area contributed by atoms with Crippen molar-refractivity contribution in [2.24, 2.45) is 11.7 Å². The van der Waals surface area contributed by atoms with Gasteiger partial charge in [-0.05, 0) is 63.7 Å². The second-order valence-corrected chi connectivity index (χ2v) is 6.15. The van der Waals surface area contributed by atoms with Gasteiger partial charge in [0.25, 0.3) is 0 Å². The molecule has 0 saturated heterocycles. The van der Waals surface area contributed by atoms with Crippen LogP contribution in [0.3, 0.4) is 0 Å². The first-order chi connectivity index (χ1) is 8.20. The van der Waals surface area contributed by atoms with Crippen LogP contribution in [0, 0.1) is 5.92 Å². The number of halogens is 2. The van der Waals surface area contributed by atoms with Gasteiger partial charge in [-0.1, -0.05) is 6.42 Å². The number of hydrogen-bond acceptors (Lipinski definition) is 3. The predicted octanol–water partition coefficient (Wildman–Crippen LogP) is 3.50. The van der Waals surface area contributed by atoms with E-state index in [1.165, 1.54) is 12.8 Å². The smallest absolute Gasteiger partial charge is 0.228 e. The fourth-order valence-corrected chi connectivity index (χ4v) is 3.31. The van der Waals surface area contributed by atoms with Gasteiger partial charge < -0.3 is 10.5 Å². The number of ether oxygens (including phenoxy) is 1. The Bertz CT molecular complexity index is 387. The van der Waals surface area contributed by atoms with Crippen LogP contribution in [0.5, 0.6) is 5.88 Å². The molecule has 0 spiro atoms. The number of pyridine rings is 1. The second kappa shape index (κ2) is 6.16. The van der Waals surface area contributed by atoms with E-state index in [4.69, 9.17) is 10.5 Å². The fourth-order valence-electron chi connectivity index (χ4n) is 2.23. The Labute approximate surface area is 118 Å². The number of nitrogens with two attached hydrogens (primary N) is 1. The third-order valence-electron chi connectivity index (χ3n) is 3.18. The molecule has 2 unspecified atom stereocenters. The quantitative estimate of drug-likeness (QED) is 0.893. The summed E-state index contributed by atoms with van der Waals surface area (Å²) >= 11 is 6.85. The maximum Gasteiger partial charge on any atom is 0.228 e. The van der Waals surface area contributed by atoms with Crippen LogP contribution in [0.1, 0.15) is 25.7 Å². The lowest BCUT2D eigenvalue weighted by Crippen LogP contribution is -2.35. The van der Waals surface area contributed by atoms with Crippen molar-refractivity contribution in [2.75, 3.05) is 6.54 Å². The van der Waals surface area contributed by atoms with Crippen molar-refractivity contribution in [3.63, 3.8) is 0 Å². The van der Waals surface area contributed by atoms with Crippen LogP contribution in [0.25, 0.3) is 0 Å². The standard InChI is InChI=1S/C12H16Br2N2O/c13-9-5-10(14)12(16-7-9)17-11-4-2-1-3-8(11)6-15/h5,7-8,11H,1-4,6,15H2. The lowest BCUT2D eigenvalue weighted by molar-refractivity contribution is 0.0914. The van der Waals surface area contributed by atoms with Crippen LogP contribution < -0.4 is 10.5 Å². The van der Waals surface area contributed by atoms with E-state index in [1.807, 2.05) is 6.07 Å². The third kappa shape index (κ3) is 3.42. The molecule has 2 atom stereocenters. The predicted molar refractivity (Wildman–Crippen MR) is 75.1 cm³/mol. The summed E-state index contributed by atoms with van der Waals surface area (Å²) in [4.78, 5) is 4.28. The number of aromatic nitrogens is 1. The lowest BCUT2D eigenvalue weighted by Gasteiger charge is -2.30. The minimum Gasteiger partial charge on any atom is -0.473 e. The maximum atomic E-state index is 5.99. The van der Waals surface area contributed by atoms with E-state index in [9.17, 15) is 0 Å². The highest BCUT2D eigenvalue weighted by Crippen LogP contribution is 2.31. The van der Waals surface area contributed by atoms with Gasteiger partial charge in [0, 0.05) is 16.6 Å². The Balaban J connectivity index is 2.08. The van der Waals surface area contributed by atoms with Crippen molar-refractivity contribution >= 4 is 31.9 Å². The van der Waals surface area contributed by atoms with Gasteiger partial charge in [0.1, 0.15) is 6.10 Å². The van der Waals surface area contributed by atoms with E-state index >= 15 is 0 Å². The average molecular weight is 364 g/mol. The Morgan fingerprint density at radius 2 is 2.12 bits per heavy atom. The molecule has 1 aliphatic carbocycles. The molecule has 94 valence electrons. The van der Waals surface area contributed by atoms with Crippen LogP contribution in [-0.2, 0) is 0 Å². The van der Waals surface area contributed by atoms with Crippen molar-refractivity contribution in [3.8, 4) is 5.88 Å². The Morgan fingerprint density at radius 3 is 2.82 bits per heavy atom. The molecule has 0 aromatic carbocycles. The molecule has 0 bridgehead atoms. The molecule has 1 aromatic heterocycles. The maximum absolute atomic E-state index is 5.99. The zero-order chi connectivity index (χ0) is 12.3. The molecule has 1 saturated carbocycles. The van der Waals surface area contributed by atoms with Gasteiger partial charge in [-0.25, -0.2) is 4.98 Å². The summed E-state index contributed by atoms with van der Waals surface area (Å²) in [5.41, 5.74) is 5.79. The molecule has 17 heavy (non-hydrogen) atoms. The third-order valence-corrected chi connectivity index (χ3v) is 4.18. The minimum absolute atomic E-state index is 0.207. The van der Waals surface area contributed by atoms with Gasteiger partial charge in [-0.3, -0.25) is 0 Å². The molecule has 1 heterocycles. The zero-order valence-corrected chi connectivity index (χ0v) is 12.7. The molecular weight excluding hydrogens is 348 g/mol. The van der Waals surface area contributed by atoms with Crippen molar-refractivity contribution in [3.05, 3.63) is 21.2 Å². The van der Waals surface area contributed by atoms with Crippen molar-refractivity contribution in [1.82, 2.24) is 4.98 Å². The van der Waals surface area contributed by atoms with Gasteiger partial charge in [0.2, 0.25) is 5.88 Å². The molecule has 1 aliphatic rings. The molecule has 2 rings (SSSR count). The highest BCUT2D eigenvalue weighted by Gasteiger charge is 2.26. The van der Waals surface area contributed by atoms with Crippen LogP contribution in [0.15, 0.2) is 21.2 Å². The normalized spacial score (nSPS) is 24.6. The van der Waals surface area contributed by atoms with Gasteiger partial charge >= 0.3 is 0 Å². The highest BCUT2D eigenvalue weighted by molar-refractivity contribution is 9.11. The first-order valence-electron chi connectivity index (χ1n) is 5.88. The van der Waals surface area contributed by atoms with Gasteiger partial charge in [-0.2, -0.15) is 0 Å². The Morgan fingerprint density at radius 1 is 1.35 bits per heavy atom. The van der Waals surface area contributed by atoms with E-state index in [-0.39, 0.29) is 6.10 Å². The monoisotopic (exact) mass is 362 g/mol. The SMILES string of the molecule is NCC1CCCCC1Oc1ncc(Br)cc1Br. The Hall–Kier alpha value is -0.130. The minimum atomic E-state index is 0.207. The summed E-state index contributed by atoms with van der Waals surface area (Å²) in [6.45, 7) is 0.693. The topological polar surface area (TPSA) is 48.1 Å². The van der Waals surface area contributed by atoms with E-state index < -0.39 is 0 Å². The summed E-state index contributed by atoms with van der Waals surface area (Å²) in [5.74, 6) is 1.12. The molecular formula is C12H16Br2N2O. The zero-order valence-electron chi connectivity index (χ0n) is 9.53. The van der Waals surface area contributed by atoms with Crippen LogP contribution in [0.2, 0.25) is 0 Å². The molecule has 1 aromatic rings. The van der Waals surface area contributed by atoms with Crippen LogP contribution in [0.4, 0.5) is 0 Å². The Kier molecular flexibility index (Phi) is 4.82. The molecule has 3 nitrogen and oxygen atoms in total. The van der Waals surface area contributed by atoms with Crippen molar-refractivity contribution < 1.29 is 4.74 Å². The summed E-state index contributed by atoms with van der Waals surface area (Å²) in [6, 6.07) is 1.95. The van der Waals surface area contributed by atoms with Gasteiger partial charge in [0.05, 0.1) is 4.47 Å². The molecule has 1 fully saturated rings. The molecule has 0 amide bonds. The molecule has 5 heteroatoms. The summed E-state index contributed by atoms with van der Waals surface area (Å²) in [5, 5.41) is 0.